The largest absolute Gasteiger partial charge is 0.387 e. The molecule has 38 heavy (non-hydrogen) atoms. The van der Waals surface area contributed by atoms with E-state index in [1.807, 2.05) is 6.92 Å². The van der Waals surface area contributed by atoms with E-state index in [9.17, 15) is 23.5 Å². The smallest absolute Gasteiger partial charge is 0.340 e. The summed E-state index contributed by atoms with van der Waals surface area (Å²) in [5.74, 6) is -1.48. The average molecular weight is 597 g/mol. The van der Waals surface area contributed by atoms with E-state index in [-0.39, 0.29) is 22.8 Å². The molecule has 0 bridgehead atoms. The number of nitrogens with one attached hydrogen (secondary N) is 1. The third kappa shape index (κ3) is 6.77. The minimum absolute atomic E-state index is 0.154. The van der Waals surface area contributed by atoms with Crippen LogP contribution in [0.3, 0.4) is 0 Å². The van der Waals surface area contributed by atoms with Crippen molar-refractivity contribution < 1.29 is 47.0 Å². The average Bonchev–Trinajstić information content (AvgIpc) is 3.33. The molecule has 208 valence electrons. The maximum Gasteiger partial charge on any atom is 0.340 e. The number of aromatic nitrogens is 3. The molecule has 17 heteroatoms. The van der Waals surface area contributed by atoms with Gasteiger partial charge in [-0.15, -0.1) is 0 Å². The first-order valence-corrected chi connectivity index (χ1v) is 15.2. The van der Waals surface area contributed by atoms with Gasteiger partial charge in [0.2, 0.25) is 5.28 Å². The highest BCUT2D eigenvalue weighted by atomic mass is 35.5. The number of halogens is 3. The monoisotopic (exact) mass is 596 g/mol. The molecule has 1 aliphatic rings. The molecular formula is C21H25ClF2N4O8P2. The molecule has 1 aromatic carbocycles. The normalized spacial score (nSPS) is 24.4. The number of aliphatic hydroxyl groups excluding tert-OH is 1. The number of alkyl halides is 1. The predicted octanol–water partition coefficient (Wildman–Crippen LogP) is 3.20. The zero-order chi connectivity index (χ0) is 27.8. The molecule has 6 atom stereocenters. The van der Waals surface area contributed by atoms with Gasteiger partial charge in [-0.1, -0.05) is 18.2 Å². The van der Waals surface area contributed by atoms with Gasteiger partial charge in [-0.2, -0.15) is 4.98 Å². The summed E-state index contributed by atoms with van der Waals surface area (Å²) in [6.45, 7) is 1.01. The van der Waals surface area contributed by atoms with Crippen LogP contribution in [0.25, 0.3) is 11.0 Å². The van der Waals surface area contributed by atoms with Gasteiger partial charge in [0.25, 0.3) is 0 Å². The summed E-state index contributed by atoms with van der Waals surface area (Å²) in [6.07, 6.45) is -4.92. The third-order valence-corrected chi connectivity index (χ3v) is 9.41. The van der Waals surface area contributed by atoms with Crippen LogP contribution in [0.5, 0.6) is 0 Å². The summed E-state index contributed by atoms with van der Waals surface area (Å²) in [5.41, 5.74) is 0.651. The van der Waals surface area contributed by atoms with Crippen molar-refractivity contribution in [3.63, 3.8) is 0 Å². The molecule has 0 spiro atoms. The molecule has 4 rings (SSSR count). The molecule has 1 saturated heterocycles. The van der Waals surface area contributed by atoms with Gasteiger partial charge in [-0.25, -0.2) is 13.8 Å². The van der Waals surface area contributed by atoms with Crippen molar-refractivity contribution in [3.8, 4) is 0 Å². The first-order valence-electron chi connectivity index (χ1n) is 11.3. The number of nitrogens with zero attached hydrogens (tertiary/aromatic N) is 3. The molecule has 2 aromatic heterocycles. The molecule has 0 amide bonds. The van der Waals surface area contributed by atoms with Gasteiger partial charge in [0.15, 0.2) is 18.3 Å². The lowest BCUT2D eigenvalue weighted by molar-refractivity contribution is -0.0423. The Hall–Kier alpha value is -1.99. The second kappa shape index (κ2) is 11.2. The predicted molar refractivity (Wildman–Crippen MR) is 133 cm³/mol. The van der Waals surface area contributed by atoms with Crippen molar-refractivity contribution in [2.75, 3.05) is 17.8 Å². The fourth-order valence-corrected chi connectivity index (χ4v) is 6.86. The molecular weight excluding hydrogens is 572 g/mol. The van der Waals surface area contributed by atoms with E-state index in [0.29, 0.717) is 23.2 Å². The highest BCUT2D eigenvalue weighted by Crippen LogP contribution is 2.55. The van der Waals surface area contributed by atoms with Crippen molar-refractivity contribution in [1.29, 1.82) is 0 Å². The Morgan fingerprint density at radius 2 is 1.95 bits per heavy atom. The maximum atomic E-state index is 15.1. The van der Waals surface area contributed by atoms with E-state index in [1.54, 1.807) is 24.3 Å². The lowest BCUT2D eigenvalue weighted by Crippen LogP contribution is -2.31. The lowest BCUT2D eigenvalue weighted by atomic mass is 10.1. The number of aliphatic hydroxyl groups is 1. The van der Waals surface area contributed by atoms with Gasteiger partial charge in [0, 0.05) is 12.2 Å². The van der Waals surface area contributed by atoms with E-state index in [2.05, 4.69) is 19.8 Å². The summed E-state index contributed by atoms with van der Waals surface area (Å²) >= 11 is 6.11. The fourth-order valence-electron chi connectivity index (χ4n) is 4.13. The Morgan fingerprint density at radius 1 is 1.24 bits per heavy atom. The fraction of sp³-hybridized carbons (Fsp3) is 0.429. The molecule has 5 N–H and O–H groups in total. The van der Waals surface area contributed by atoms with Crippen LogP contribution in [-0.4, -0.2) is 71.3 Å². The van der Waals surface area contributed by atoms with Gasteiger partial charge in [-0.05, 0) is 42.6 Å². The van der Waals surface area contributed by atoms with Gasteiger partial charge in [0.1, 0.15) is 29.5 Å². The molecule has 12 nitrogen and oxygen atoms in total. The number of fused-ring (bicyclic) bond motifs is 1. The molecule has 0 aliphatic carbocycles. The molecule has 3 heterocycles. The van der Waals surface area contributed by atoms with Gasteiger partial charge in [-0.3, -0.25) is 9.13 Å². The molecule has 1 aliphatic heterocycles. The molecule has 1 fully saturated rings. The van der Waals surface area contributed by atoms with Crippen LogP contribution in [0.1, 0.15) is 18.7 Å². The van der Waals surface area contributed by atoms with Gasteiger partial charge < -0.3 is 38.9 Å². The van der Waals surface area contributed by atoms with E-state index in [4.69, 9.17) is 26.1 Å². The summed E-state index contributed by atoms with van der Waals surface area (Å²) < 4.78 is 63.5. The minimum atomic E-state index is -4.87. The highest BCUT2D eigenvalue weighted by Gasteiger charge is 2.47. The van der Waals surface area contributed by atoms with Crippen molar-refractivity contribution in [2.24, 2.45) is 0 Å². The topological polar surface area (TPSA) is 176 Å². The number of hydrogen-bond acceptors (Lipinski definition) is 8. The number of rotatable bonds is 10. The number of ether oxygens (including phenoxy) is 1. The van der Waals surface area contributed by atoms with Crippen LogP contribution in [0.2, 0.25) is 5.28 Å². The van der Waals surface area contributed by atoms with E-state index < -0.39 is 52.3 Å². The highest BCUT2D eigenvalue weighted by molar-refractivity contribution is 7.70. The maximum absolute atomic E-state index is 15.1. The van der Waals surface area contributed by atoms with Gasteiger partial charge in [0.05, 0.1) is 12.0 Å². The molecule has 0 radical (unpaired) electrons. The number of hydrogen-bond donors (Lipinski definition) is 5. The second-order valence-corrected chi connectivity index (χ2v) is 13.2. The zero-order valence-corrected chi connectivity index (χ0v) is 22.3. The first-order chi connectivity index (χ1) is 17.7. The zero-order valence-electron chi connectivity index (χ0n) is 19.8. The molecule has 0 saturated carbocycles. The Morgan fingerprint density at radius 3 is 2.63 bits per heavy atom. The number of anilines is 1. The van der Waals surface area contributed by atoms with Crippen molar-refractivity contribution >= 4 is 43.6 Å². The lowest BCUT2D eigenvalue weighted by Gasteiger charge is -2.19. The van der Waals surface area contributed by atoms with Crippen LogP contribution >= 0.6 is 26.8 Å². The van der Waals surface area contributed by atoms with Crippen molar-refractivity contribution in [3.05, 3.63) is 53.2 Å². The Labute approximate surface area is 220 Å². The third-order valence-electron chi connectivity index (χ3n) is 5.78. The summed E-state index contributed by atoms with van der Waals surface area (Å²) in [4.78, 5) is 35.8. The summed E-state index contributed by atoms with van der Waals surface area (Å²) in [5, 5.41) is 13.7. The SMILES string of the molecule is C[C@H](Cc1ccccc1F)Nc1nc(Cl)nc2c1ccn2[C@@H]1O[C@H](COP(=O)(O)CP(=O)(O)O)[C@@H](O)[C@@H]1F. The standard InChI is InChI=1S/C21H25ClF2N4O8P2/c1-11(8-12-4-2-3-5-14(12)23)25-18-13-6-7-28(19(13)27-21(22)26-18)20-16(24)17(29)15(36-20)9-35-38(33,34)10-37(30,31)32/h2-7,11,15-17,20,29H,8-10H2,1H3,(H,33,34)(H,25,26,27)(H2,30,31,32)/t11-,15-,16+,17-,20-/m1/s1. The quantitative estimate of drug-likeness (QED) is 0.172. The van der Waals surface area contributed by atoms with Crippen LogP contribution in [0, 0.1) is 5.82 Å². The van der Waals surface area contributed by atoms with Crippen LogP contribution < -0.4 is 5.32 Å². The Balaban J connectivity index is 1.52. The second-order valence-electron chi connectivity index (χ2n) is 8.88. The van der Waals surface area contributed by atoms with Crippen LogP contribution in [0.15, 0.2) is 36.5 Å². The van der Waals surface area contributed by atoms with Crippen LogP contribution in [0.4, 0.5) is 14.6 Å². The van der Waals surface area contributed by atoms with Crippen molar-refractivity contribution in [2.45, 2.75) is 44.0 Å². The Bertz CT molecular complexity index is 1410. The molecule has 3 aromatic rings. The summed E-state index contributed by atoms with van der Waals surface area (Å²) in [6, 6.07) is 7.63. The minimum Gasteiger partial charge on any atom is -0.387 e. The Kier molecular flexibility index (Phi) is 8.58. The van der Waals surface area contributed by atoms with Crippen LogP contribution in [-0.2, 0) is 24.8 Å². The first kappa shape index (κ1) is 29.0. The number of benzene rings is 1. The summed E-state index contributed by atoms with van der Waals surface area (Å²) in [7, 11) is -9.61. The van der Waals surface area contributed by atoms with Gasteiger partial charge >= 0.3 is 15.2 Å². The van der Waals surface area contributed by atoms with Crippen molar-refractivity contribution in [1.82, 2.24) is 14.5 Å². The van der Waals surface area contributed by atoms with E-state index in [1.165, 1.54) is 16.8 Å². The molecule has 1 unspecified atom stereocenters. The van der Waals surface area contributed by atoms with E-state index >= 15 is 4.39 Å². The van der Waals surface area contributed by atoms with E-state index in [0.717, 1.165) is 0 Å².